The highest BCUT2D eigenvalue weighted by Crippen LogP contribution is 2.24. The SMILES string of the molecule is CN(C)C(C)(C)CNc1ncc(C(=O)O)cc1[N+](=O)[O-]. The van der Waals surface area contributed by atoms with E-state index in [2.05, 4.69) is 10.3 Å². The molecule has 0 aliphatic carbocycles. The monoisotopic (exact) mass is 282 g/mol. The Hall–Kier alpha value is -2.22. The van der Waals surface area contributed by atoms with Gasteiger partial charge in [-0.1, -0.05) is 0 Å². The zero-order chi connectivity index (χ0) is 15.5. The number of hydrogen-bond donors (Lipinski definition) is 2. The van der Waals surface area contributed by atoms with E-state index in [4.69, 9.17) is 5.11 Å². The fourth-order valence-corrected chi connectivity index (χ4v) is 1.30. The molecule has 0 spiro atoms. The molecule has 1 aromatic rings. The van der Waals surface area contributed by atoms with Crippen LogP contribution in [0.1, 0.15) is 24.2 Å². The lowest BCUT2D eigenvalue weighted by molar-refractivity contribution is -0.384. The Kier molecular flexibility index (Phi) is 4.61. The normalized spacial score (nSPS) is 11.4. The summed E-state index contributed by atoms with van der Waals surface area (Å²) in [6.07, 6.45) is 1.10. The number of aromatic carboxylic acids is 1. The average molecular weight is 282 g/mol. The third-order valence-corrected chi connectivity index (χ3v) is 3.21. The Bertz CT molecular complexity index is 528. The molecule has 0 radical (unpaired) electrons. The van der Waals surface area contributed by atoms with Crippen LogP contribution in [-0.4, -0.2) is 52.1 Å². The molecular weight excluding hydrogens is 264 g/mol. The molecule has 2 N–H and O–H groups in total. The van der Waals surface area contributed by atoms with Gasteiger partial charge in [0.2, 0.25) is 5.82 Å². The van der Waals surface area contributed by atoms with E-state index in [9.17, 15) is 14.9 Å². The molecule has 0 bridgehead atoms. The summed E-state index contributed by atoms with van der Waals surface area (Å²) in [5.41, 5.74) is -0.797. The number of likely N-dealkylation sites (N-methyl/N-ethyl adjacent to an activating group) is 1. The third kappa shape index (κ3) is 3.64. The Morgan fingerprint density at radius 3 is 2.60 bits per heavy atom. The van der Waals surface area contributed by atoms with Crippen molar-refractivity contribution in [3.05, 3.63) is 27.9 Å². The number of aromatic nitrogens is 1. The minimum Gasteiger partial charge on any atom is -0.478 e. The Morgan fingerprint density at radius 1 is 1.55 bits per heavy atom. The van der Waals surface area contributed by atoms with Crippen molar-refractivity contribution in [2.75, 3.05) is 26.0 Å². The van der Waals surface area contributed by atoms with Crippen molar-refractivity contribution in [1.29, 1.82) is 0 Å². The van der Waals surface area contributed by atoms with Gasteiger partial charge >= 0.3 is 11.7 Å². The molecule has 0 atom stereocenters. The molecule has 0 aliphatic rings. The molecule has 0 aliphatic heterocycles. The van der Waals surface area contributed by atoms with E-state index < -0.39 is 10.9 Å². The summed E-state index contributed by atoms with van der Waals surface area (Å²) in [7, 11) is 3.80. The van der Waals surface area contributed by atoms with E-state index >= 15 is 0 Å². The van der Waals surface area contributed by atoms with E-state index in [0.29, 0.717) is 6.54 Å². The van der Waals surface area contributed by atoms with Gasteiger partial charge in [0.1, 0.15) is 0 Å². The summed E-state index contributed by atoms with van der Waals surface area (Å²) in [5, 5.41) is 22.7. The van der Waals surface area contributed by atoms with Gasteiger partial charge in [-0.25, -0.2) is 9.78 Å². The number of hydrogen-bond acceptors (Lipinski definition) is 6. The van der Waals surface area contributed by atoms with Gasteiger partial charge in [-0.2, -0.15) is 0 Å². The maximum Gasteiger partial charge on any atom is 0.337 e. The van der Waals surface area contributed by atoms with Crippen LogP contribution in [0.5, 0.6) is 0 Å². The van der Waals surface area contributed by atoms with Crippen LogP contribution >= 0.6 is 0 Å². The largest absolute Gasteiger partial charge is 0.478 e. The highest BCUT2D eigenvalue weighted by Gasteiger charge is 2.24. The minimum absolute atomic E-state index is 0.0647. The number of anilines is 1. The summed E-state index contributed by atoms with van der Waals surface area (Å²) < 4.78 is 0. The molecular formula is C12H18N4O4. The van der Waals surface area contributed by atoms with Crippen LogP contribution in [0.2, 0.25) is 0 Å². The fraction of sp³-hybridized carbons (Fsp3) is 0.500. The van der Waals surface area contributed by atoms with Crippen LogP contribution < -0.4 is 5.32 Å². The molecule has 8 heteroatoms. The van der Waals surface area contributed by atoms with Gasteiger partial charge < -0.3 is 15.3 Å². The second-order valence-electron chi connectivity index (χ2n) is 5.21. The quantitative estimate of drug-likeness (QED) is 0.600. The second-order valence-corrected chi connectivity index (χ2v) is 5.21. The summed E-state index contributed by atoms with van der Waals surface area (Å²) in [5.74, 6) is -1.18. The number of rotatable bonds is 6. The molecule has 20 heavy (non-hydrogen) atoms. The van der Waals surface area contributed by atoms with Crippen molar-refractivity contribution < 1.29 is 14.8 Å². The predicted molar refractivity (Wildman–Crippen MR) is 74.1 cm³/mol. The van der Waals surface area contributed by atoms with Gasteiger partial charge in [-0.3, -0.25) is 10.1 Å². The van der Waals surface area contributed by atoms with E-state index in [1.165, 1.54) is 0 Å². The molecule has 1 aromatic heterocycles. The Balaban J connectivity index is 3.01. The summed E-state index contributed by atoms with van der Waals surface area (Å²) in [6.45, 7) is 4.37. The first-order chi connectivity index (χ1) is 9.15. The van der Waals surface area contributed by atoms with E-state index in [-0.39, 0.29) is 22.6 Å². The highest BCUT2D eigenvalue weighted by atomic mass is 16.6. The van der Waals surface area contributed by atoms with Gasteiger partial charge in [0.05, 0.1) is 10.5 Å². The average Bonchev–Trinajstić information content (AvgIpc) is 2.35. The molecule has 0 amide bonds. The van der Waals surface area contributed by atoms with E-state index in [1.54, 1.807) is 0 Å². The molecule has 0 saturated heterocycles. The topological polar surface area (TPSA) is 109 Å². The fourth-order valence-electron chi connectivity index (χ4n) is 1.30. The molecule has 0 fully saturated rings. The zero-order valence-corrected chi connectivity index (χ0v) is 11.9. The van der Waals surface area contributed by atoms with E-state index in [1.807, 2.05) is 32.8 Å². The number of nitrogens with one attached hydrogen (secondary N) is 1. The lowest BCUT2D eigenvalue weighted by atomic mass is 10.0. The predicted octanol–water partition coefficient (Wildman–Crippen LogP) is 1.44. The van der Waals surface area contributed by atoms with Crippen LogP contribution in [0.4, 0.5) is 11.5 Å². The standard InChI is InChI=1S/C12H18N4O4/c1-12(2,15(3)4)7-14-10-9(16(19)20)5-8(6-13-10)11(17)18/h5-6H,7H2,1-4H3,(H,13,14)(H,17,18). The van der Waals surface area contributed by atoms with E-state index in [0.717, 1.165) is 12.3 Å². The number of carbonyl (C=O) groups is 1. The van der Waals surface area contributed by atoms with Gasteiger partial charge in [-0.15, -0.1) is 0 Å². The maximum atomic E-state index is 11.0. The van der Waals surface area contributed by atoms with Crippen LogP contribution in [0.3, 0.4) is 0 Å². The first-order valence-electron chi connectivity index (χ1n) is 5.94. The molecule has 8 nitrogen and oxygen atoms in total. The minimum atomic E-state index is -1.25. The van der Waals surface area contributed by atoms with Gasteiger partial charge in [0.25, 0.3) is 0 Å². The Labute approximate surface area is 116 Å². The van der Waals surface area contributed by atoms with Crippen LogP contribution in [0, 0.1) is 10.1 Å². The number of nitro groups is 1. The summed E-state index contributed by atoms with van der Waals surface area (Å²) in [6, 6.07) is 1.00. The second kappa shape index (κ2) is 5.83. The van der Waals surface area contributed by atoms with Crippen molar-refractivity contribution in [3.8, 4) is 0 Å². The van der Waals surface area contributed by atoms with Crippen LogP contribution in [0.25, 0.3) is 0 Å². The smallest absolute Gasteiger partial charge is 0.337 e. The van der Waals surface area contributed by atoms with Crippen molar-refractivity contribution >= 4 is 17.5 Å². The molecule has 0 unspecified atom stereocenters. The maximum absolute atomic E-state index is 11.0. The Morgan fingerprint density at radius 2 is 2.15 bits per heavy atom. The van der Waals surface area contributed by atoms with Crippen molar-refractivity contribution in [3.63, 3.8) is 0 Å². The summed E-state index contributed by atoms with van der Waals surface area (Å²) in [4.78, 5) is 26.9. The van der Waals surface area contributed by atoms with Crippen molar-refractivity contribution in [1.82, 2.24) is 9.88 Å². The van der Waals surface area contributed by atoms with Crippen molar-refractivity contribution in [2.24, 2.45) is 0 Å². The lowest BCUT2D eigenvalue weighted by Gasteiger charge is -2.32. The number of nitrogens with zero attached hydrogens (tertiary/aromatic N) is 3. The van der Waals surface area contributed by atoms with Crippen LogP contribution in [-0.2, 0) is 0 Å². The summed E-state index contributed by atoms with van der Waals surface area (Å²) >= 11 is 0. The van der Waals surface area contributed by atoms with Crippen LogP contribution in [0.15, 0.2) is 12.3 Å². The molecule has 0 saturated carbocycles. The number of carboxylic acids is 1. The first-order valence-corrected chi connectivity index (χ1v) is 5.94. The lowest BCUT2D eigenvalue weighted by Crippen LogP contribution is -2.44. The molecule has 0 aromatic carbocycles. The zero-order valence-electron chi connectivity index (χ0n) is 11.9. The molecule has 110 valence electrons. The number of carboxylic acid groups (broad SMARTS) is 1. The van der Waals surface area contributed by atoms with Gasteiger partial charge in [-0.05, 0) is 27.9 Å². The molecule has 1 heterocycles. The van der Waals surface area contributed by atoms with Gasteiger partial charge in [0, 0.05) is 24.3 Å². The molecule has 1 rings (SSSR count). The van der Waals surface area contributed by atoms with Crippen molar-refractivity contribution in [2.45, 2.75) is 19.4 Å². The first kappa shape index (κ1) is 15.8. The highest BCUT2D eigenvalue weighted by molar-refractivity contribution is 5.88. The third-order valence-electron chi connectivity index (χ3n) is 3.21. The number of pyridine rings is 1. The van der Waals surface area contributed by atoms with Gasteiger partial charge in [0.15, 0.2) is 0 Å².